The van der Waals surface area contributed by atoms with E-state index in [1.807, 2.05) is 0 Å². The van der Waals surface area contributed by atoms with E-state index in [0.29, 0.717) is 5.69 Å². The minimum Gasteiger partial charge on any atom is -0.434 e. The van der Waals surface area contributed by atoms with Crippen LogP contribution in [-0.2, 0) is 0 Å². The number of nitrogen functional groups attached to an aromatic ring is 1. The number of hydrogen-bond acceptors (Lipinski definition) is 3. The lowest BCUT2D eigenvalue weighted by Gasteiger charge is -2.07. The molecule has 1 heterocycles. The van der Waals surface area contributed by atoms with Crippen molar-refractivity contribution in [3.05, 3.63) is 47.1 Å². The molecule has 0 fully saturated rings. The lowest BCUT2D eigenvalue weighted by Crippen LogP contribution is -1.94. The molecular weight excluding hydrogens is 250 g/mol. The first-order valence-electron chi connectivity index (χ1n) is 4.60. The molecule has 1 aromatic heterocycles. The van der Waals surface area contributed by atoms with Gasteiger partial charge in [0.05, 0.1) is 11.9 Å². The van der Waals surface area contributed by atoms with E-state index in [1.165, 1.54) is 12.3 Å². The third-order valence-electron chi connectivity index (χ3n) is 1.93. The smallest absolute Gasteiger partial charge is 0.238 e. The van der Waals surface area contributed by atoms with E-state index in [-0.39, 0.29) is 16.7 Å². The molecule has 2 N–H and O–H groups in total. The van der Waals surface area contributed by atoms with Crippen LogP contribution in [-0.4, -0.2) is 4.98 Å². The molecule has 0 aliphatic rings. The summed E-state index contributed by atoms with van der Waals surface area (Å²) in [6.45, 7) is 0. The van der Waals surface area contributed by atoms with Gasteiger partial charge in [-0.05, 0) is 18.2 Å². The molecule has 6 heteroatoms. The van der Waals surface area contributed by atoms with Crippen LogP contribution in [0.2, 0.25) is 5.02 Å². The van der Waals surface area contributed by atoms with Crippen molar-refractivity contribution >= 4 is 17.3 Å². The highest BCUT2D eigenvalue weighted by atomic mass is 35.5. The Morgan fingerprint density at radius 3 is 2.71 bits per heavy atom. The summed E-state index contributed by atoms with van der Waals surface area (Å²) in [5, 5.41) is 0.119. The van der Waals surface area contributed by atoms with E-state index in [1.54, 1.807) is 0 Å². The summed E-state index contributed by atoms with van der Waals surface area (Å²) >= 11 is 5.79. The Labute approximate surface area is 101 Å². The first-order chi connectivity index (χ1) is 8.06. The van der Waals surface area contributed by atoms with Crippen LogP contribution in [0, 0.1) is 11.6 Å². The molecule has 0 aliphatic carbocycles. The molecule has 0 aliphatic heterocycles. The molecule has 0 unspecified atom stereocenters. The normalized spacial score (nSPS) is 10.3. The number of nitrogens with two attached hydrogens (primary N) is 1. The first kappa shape index (κ1) is 11.6. The van der Waals surface area contributed by atoms with Crippen LogP contribution in [0.1, 0.15) is 0 Å². The van der Waals surface area contributed by atoms with E-state index in [9.17, 15) is 8.78 Å². The molecule has 2 aromatic rings. The van der Waals surface area contributed by atoms with E-state index in [4.69, 9.17) is 22.1 Å². The van der Waals surface area contributed by atoms with Gasteiger partial charge in [0, 0.05) is 6.07 Å². The third kappa shape index (κ3) is 2.62. The summed E-state index contributed by atoms with van der Waals surface area (Å²) in [6, 6.07) is 4.25. The molecule has 0 radical (unpaired) electrons. The monoisotopic (exact) mass is 256 g/mol. The van der Waals surface area contributed by atoms with Crippen LogP contribution in [0.25, 0.3) is 0 Å². The Morgan fingerprint density at radius 2 is 2.00 bits per heavy atom. The van der Waals surface area contributed by atoms with E-state index in [2.05, 4.69) is 4.98 Å². The molecular formula is C11H7ClF2N2O. The standard InChI is InChI=1S/C11H7ClF2N2O/c12-8-4-7(15)5-16-11(8)17-10-3-6(13)1-2-9(10)14/h1-5H,15H2. The van der Waals surface area contributed by atoms with Crippen molar-refractivity contribution in [2.75, 3.05) is 5.73 Å². The third-order valence-corrected chi connectivity index (χ3v) is 2.20. The molecule has 3 nitrogen and oxygen atoms in total. The fraction of sp³-hybridized carbons (Fsp3) is 0. The molecule has 0 bridgehead atoms. The van der Waals surface area contributed by atoms with Crippen LogP contribution in [0.5, 0.6) is 11.6 Å². The summed E-state index contributed by atoms with van der Waals surface area (Å²) < 4.78 is 31.2. The van der Waals surface area contributed by atoms with Gasteiger partial charge in [-0.25, -0.2) is 13.8 Å². The molecule has 0 spiro atoms. The average molecular weight is 257 g/mol. The summed E-state index contributed by atoms with van der Waals surface area (Å²) in [5.41, 5.74) is 5.79. The fourth-order valence-corrected chi connectivity index (χ4v) is 1.39. The van der Waals surface area contributed by atoms with E-state index in [0.717, 1.165) is 18.2 Å². The number of hydrogen-bond donors (Lipinski definition) is 1. The number of pyridine rings is 1. The Balaban J connectivity index is 2.34. The second-order valence-corrected chi connectivity index (χ2v) is 3.64. The number of rotatable bonds is 2. The van der Waals surface area contributed by atoms with Crippen molar-refractivity contribution in [1.29, 1.82) is 0 Å². The van der Waals surface area contributed by atoms with Gasteiger partial charge in [0.15, 0.2) is 11.6 Å². The fourth-order valence-electron chi connectivity index (χ4n) is 1.17. The van der Waals surface area contributed by atoms with Crippen molar-refractivity contribution in [2.45, 2.75) is 0 Å². The zero-order valence-electron chi connectivity index (χ0n) is 8.45. The lowest BCUT2D eigenvalue weighted by atomic mass is 10.3. The van der Waals surface area contributed by atoms with Crippen molar-refractivity contribution in [3.8, 4) is 11.6 Å². The topological polar surface area (TPSA) is 48.1 Å². The van der Waals surface area contributed by atoms with Gasteiger partial charge in [-0.2, -0.15) is 0 Å². The Morgan fingerprint density at radius 1 is 1.24 bits per heavy atom. The zero-order valence-corrected chi connectivity index (χ0v) is 9.21. The van der Waals surface area contributed by atoms with Gasteiger partial charge in [0.25, 0.3) is 0 Å². The van der Waals surface area contributed by atoms with Crippen molar-refractivity contribution in [2.24, 2.45) is 0 Å². The largest absolute Gasteiger partial charge is 0.434 e. The number of nitrogens with zero attached hydrogens (tertiary/aromatic N) is 1. The predicted molar refractivity (Wildman–Crippen MR) is 60.1 cm³/mol. The number of ether oxygens (including phenoxy) is 1. The van der Waals surface area contributed by atoms with Crippen LogP contribution in [0.4, 0.5) is 14.5 Å². The zero-order chi connectivity index (χ0) is 12.4. The maximum atomic E-state index is 13.3. The van der Waals surface area contributed by atoms with Crippen molar-refractivity contribution < 1.29 is 13.5 Å². The van der Waals surface area contributed by atoms with Crippen LogP contribution in [0.15, 0.2) is 30.5 Å². The van der Waals surface area contributed by atoms with Gasteiger partial charge >= 0.3 is 0 Å². The Kier molecular flexibility index (Phi) is 3.10. The summed E-state index contributed by atoms with van der Waals surface area (Å²) in [7, 11) is 0. The van der Waals surface area contributed by atoms with Gasteiger partial charge in [0.2, 0.25) is 5.88 Å². The maximum absolute atomic E-state index is 13.3. The van der Waals surface area contributed by atoms with Crippen molar-refractivity contribution in [1.82, 2.24) is 4.98 Å². The van der Waals surface area contributed by atoms with Gasteiger partial charge in [-0.3, -0.25) is 0 Å². The number of halogens is 3. The number of aromatic nitrogens is 1. The Hall–Kier alpha value is -1.88. The first-order valence-corrected chi connectivity index (χ1v) is 4.98. The van der Waals surface area contributed by atoms with Crippen molar-refractivity contribution in [3.63, 3.8) is 0 Å². The highest BCUT2D eigenvalue weighted by Crippen LogP contribution is 2.30. The summed E-state index contributed by atoms with van der Waals surface area (Å²) in [4.78, 5) is 3.78. The highest BCUT2D eigenvalue weighted by Gasteiger charge is 2.10. The van der Waals surface area contributed by atoms with E-state index >= 15 is 0 Å². The number of anilines is 1. The summed E-state index contributed by atoms with van der Waals surface area (Å²) in [6.07, 6.45) is 1.30. The van der Waals surface area contributed by atoms with Gasteiger partial charge < -0.3 is 10.5 Å². The second kappa shape index (κ2) is 4.55. The quantitative estimate of drug-likeness (QED) is 0.896. The molecule has 0 saturated carbocycles. The molecule has 0 atom stereocenters. The van der Waals surface area contributed by atoms with E-state index < -0.39 is 11.6 Å². The minimum atomic E-state index is -0.707. The second-order valence-electron chi connectivity index (χ2n) is 3.23. The van der Waals surface area contributed by atoms with Crippen LogP contribution in [0.3, 0.4) is 0 Å². The SMILES string of the molecule is Nc1cnc(Oc2cc(F)ccc2F)c(Cl)c1. The van der Waals surface area contributed by atoms with Gasteiger partial charge in [-0.15, -0.1) is 0 Å². The molecule has 88 valence electrons. The maximum Gasteiger partial charge on any atom is 0.238 e. The van der Waals surface area contributed by atoms with Crippen LogP contribution < -0.4 is 10.5 Å². The summed E-state index contributed by atoms with van der Waals surface area (Å²) in [5.74, 6) is -1.65. The molecule has 17 heavy (non-hydrogen) atoms. The minimum absolute atomic E-state index is 0.0367. The van der Waals surface area contributed by atoms with Crippen LogP contribution >= 0.6 is 11.6 Å². The predicted octanol–water partition coefficient (Wildman–Crippen LogP) is 3.39. The average Bonchev–Trinajstić information content (AvgIpc) is 2.27. The molecule has 0 saturated heterocycles. The number of benzene rings is 1. The highest BCUT2D eigenvalue weighted by molar-refractivity contribution is 6.32. The molecule has 0 amide bonds. The van der Waals surface area contributed by atoms with Gasteiger partial charge in [-0.1, -0.05) is 11.6 Å². The Bertz CT molecular complexity index is 563. The lowest BCUT2D eigenvalue weighted by molar-refractivity contribution is 0.423. The molecule has 2 rings (SSSR count). The van der Waals surface area contributed by atoms with Gasteiger partial charge in [0.1, 0.15) is 10.8 Å². The molecule has 1 aromatic carbocycles.